The van der Waals surface area contributed by atoms with Crippen molar-refractivity contribution >= 4 is 27.5 Å². The van der Waals surface area contributed by atoms with Crippen LogP contribution in [0, 0.1) is 0 Å². The summed E-state index contributed by atoms with van der Waals surface area (Å²) in [5, 5.41) is 2.97. The van der Waals surface area contributed by atoms with Crippen LogP contribution in [0.2, 0.25) is 0 Å². The summed E-state index contributed by atoms with van der Waals surface area (Å²) in [7, 11) is 0. The van der Waals surface area contributed by atoms with Gasteiger partial charge in [0.25, 0.3) is 0 Å². The van der Waals surface area contributed by atoms with Gasteiger partial charge in [0.15, 0.2) is 0 Å². The van der Waals surface area contributed by atoms with Gasteiger partial charge < -0.3 is 5.32 Å². The van der Waals surface area contributed by atoms with E-state index < -0.39 is 0 Å². The fourth-order valence-electron chi connectivity index (χ4n) is 2.28. The minimum atomic E-state index is -0.0516. The van der Waals surface area contributed by atoms with Gasteiger partial charge in [0.05, 0.1) is 6.04 Å². The predicted molar refractivity (Wildman–Crippen MR) is 77.7 cm³/mol. The molecule has 1 aliphatic heterocycles. The van der Waals surface area contributed by atoms with Crippen LogP contribution in [0.25, 0.3) is 0 Å². The molecular weight excluding hydrogens is 292 g/mol. The molecule has 0 aromatic heterocycles. The lowest BCUT2D eigenvalue weighted by molar-refractivity contribution is -0.121. The quantitative estimate of drug-likeness (QED) is 0.929. The van der Waals surface area contributed by atoms with E-state index in [0.717, 1.165) is 23.2 Å². The van der Waals surface area contributed by atoms with Crippen LogP contribution in [0.5, 0.6) is 0 Å². The molecular formula is C14H19BrN2O. The van der Waals surface area contributed by atoms with Crippen LogP contribution in [0.15, 0.2) is 28.7 Å². The summed E-state index contributed by atoms with van der Waals surface area (Å²) < 4.78 is 0.978. The number of nitrogens with one attached hydrogen (secondary N) is 1. The fraction of sp³-hybridized carbons (Fsp3) is 0.500. The lowest BCUT2D eigenvalue weighted by atomic mass is 10.1. The highest BCUT2D eigenvalue weighted by atomic mass is 79.9. The molecule has 0 aliphatic carbocycles. The van der Waals surface area contributed by atoms with Crippen molar-refractivity contribution in [2.24, 2.45) is 0 Å². The average molecular weight is 311 g/mol. The number of nitrogens with zero attached hydrogens (tertiary/aromatic N) is 1. The molecule has 1 atom stereocenters. The zero-order valence-electron chi connectivity index (χ0n) is 10.7. The molecule has 1 unspecified atom stereocenters. The van der Waals surface area contributed by atoms with E-state index in [1.54, 1.807) is 0 Å². The summed E-state index contributed by atoms with van der Waals surface area (Å²) in [5.41, 5.74) is 0.846. The predicted octanol–water partition coefficient (Wildman–Crippen LogP) is 3.26. The Morgan fingerprint density at radius 1 is 1.33 bits per heavy atom. The van der Waals surface area contributed by atoms with Crippen LogP contribution in [-0.4, -0.2) is 29.9 Å². The van der Waals surface area contributed by atoms with Gasteiger partial charge in [0.1, 0.15) is 0 Å². The second-order valence-electron chi connectivity index (χ2n) is 4.77. The van der Waals surface area contributed by atoms with E-state index >= 15 is 0 Å². The zero-order chi connectivity index (χ0) is 13.0. The Bertz CT molecular complexity index is 416. The summed E-state index contributed by atoms with van der Waals surface area (Å²) in [6, 6.07) is 7.64. The van der Waals surface area contributed by atoms with Crippen molar-refractivity contribution in [2.75, 3.05) is 18.4 Å². The lowest BCUT2D eigenvalue weighted by Crippen LogP contribution is -2.44. The van der Waals surface area contributed by atoms with E-state index in [-0.39, 0.29) is 11.9 Å². The van der Waals surface area contributed by atoms with Crippen molar-refractivity contribution in [3.63, 3.8) is 0 Å². The molecule has 0 bridgehead atoms. The van der Waals surface area contributed by atoms with E-state index in [2.05, 4.69) is 26.1 Å². The first-order chi connectivity index (χ1) is 8.66. The normalized spacial score (nSPS) is 18.3. The number of halogens is 1. The van der Waals surface area contributed by atoms with Crippen LogP contribution < -0.4 is 5.32 Å². The van der Waals surface area contributed by atoms with Crippen molar-refractivity contribution < 1.29 is 4.79 Å². The Kier molecular flexibility index (Phi) is 4.78. The van der Waals surface area contributed by atoms with Gasteiger partial charge in [-0.2, -0.15) is 0 Å². The second-order valence-corrected chi connectivity index (χ2v) is 5.69. The van der Waals surface area contributed by atoms with Crippen LogP contribution >= 0.6 is 15.9 Å². The van der Waals surface area contributed by atoms with Gasteiger partial charge in [-0.3, -0.25) is 9.69 Å². The van der Waals surface area contributed by atoms with E-state index in [0.29, 0.717) is 0 Å². The first kappa shape index (κ1) is 13.6. The topological polar surface area (TPSA) is 32.3 Å². The Balaban J connectivity index is 1.94. The molecule has 0 radical (unpaired) electrons. The minimum absolute atomic E-state index is 0.0516. The number of hydrogen-bond donors (Lipinski definition) is 1. The fourth-order valence-corrected chi connectivity index (χ4v) is 2.68. The van der Waals surface area contributed by atoms with E-state index in [1.807, 2.05) is 31.2 Å². The van der Waals surface area contributed by atoms with Gasteiger partial charge in [0.2, 0.25) is 5.91 Å². The Labute approximate surface area is 117 Å². The van der Waals surface area contributed by atoms with Crippen molar-refractivity contribution in [1.29, 1.82) is 0 Å². The molecule has 98 valence electrons. The maximum Gasteiger partial charge on any atom is 0.241 e. The van der Waals surface area contributed by atoms with Gasteiger partial charge >= 0.3 is 0 Å². The molecule has 1 N–H and O–H groups in total. The third kappa shape index (κ3) is 3.56. The van der Waals surface area contributed by atoms with Crippen molar-refractivity contribution in [3.8, 4) is 0 Å². The maximum absolute atomic E-state index is 12.2. The third-order valence-electron chi connectivity index (χ3n) is 3.41. The molecule has 1 amide bonds. The third-order valence-corrected chi connectivity index (χ3v) is 3.90. The van der Waals surface area contributed by atoms with E-state index in [1.165, 1.54) is 19.3 Å². The number of hydrogen-bond acceptors (Lipinski definition) is 2. The smallest absolute Gasteiger partial charge is 0.241 e. The largest absolute Gasteiger partial charge is 0.325 e. The van der Waals surface area contributed by atoms with Crippen molar-refractivity contribution in [2.45, 2.75) is 32.2 Å². The van der Waals surface area contributed by atoms with Gasteiger partial charge in [0, 0.05) is 10.2 Å². The Hall–Kier alpha value is -0.870. The molecule has 4 heteroatoms. The Morgan fingerprint density at radius 3 is 2.72 bits per heavy atom. The number of rotatable bonds is 3. The minimum Gasteiger partial charge on any atom is -0.325 e. The molecule has 0 saturated carbocycles. The molecule has 18 heavy (non-hydrogen) atoms. The number of carbonyl (C=O) groups is 1. The lowest BCUT2D eigenvalue weighted by Gasteiger charge is -2.31. The molecule has 1 fully saturated rings. The maximum atomic E-state index is 12.2. The summed E-state index contributed by atoms with van der Waals surface area (Å²) in [4.78, 5) is 14.4. The van der Waals surface area contributed by atoms with Crippen LogP contribution in [0.4, 0.5) is 5.69 Å². The average Bonchev–Trinajstić information content (AvgIpc) is 2.39. The molecule has 3 nitrogen and oxygen atoms in total. The summed E-state index contributed by atoms with van der Waals surface area (Å²) in [5.74, 6) is 0.0787. The van der Waals surface area contributed by atoms with Crippen LogP contribution in [0.3, 0.4) is 0 Å². The Morgan fingerprint density at radius 2 is 2.06 bits per heavy atom. The second kappa shape index (κ2) is 6.34. The van der Waals surface area contributed by atoms with Gasteiger partial charge in [-0.1, -0.05) is 28.4 Å². The highest BCUT2D eigenvalue weighted by Gasteiger charge is 2.22. The molecule has 1 saturated heterocycles. The van der Waals surface area contributed by atoms with E-state index in [4.69, 9.17) is 0 Å². The standard InChI is InChI=1S/C14H19BrN2O/c1-11(17-8-3-2-4-9-17)14(18)16-13-7-5-6-12(15)10-13/h5-7,10-11H,2-4,8-9H2,1H3,(H,16,18). The SMILES string of the molecule is CC(C(=O)Nc1cccc(Br)c1)N1CCCCC1. The first-order valence-electron chi connectivity index (χ1n) is 6.47. The molecule has 1 aliphatic rings. The highest BCUT2D eigenvalue weighted by Crippen LogP contribution is 2.17. The van der Waals surface area contributed by atoms with Gasteiger partial charge in [-0.25, -0.2) is 0 Å². The number of carbonyl (C=O) groups excluding carboxylic acids is 1. The van der Waals surface area contributed by atoms with Gasteiger partial charge in [-0.15, -0.1) is 0 Å². The highest BCUT2D eigenvalue weighted by molar-refractivity contribution is 9.10. The van der Waals surface area contributed by atoms with Crippen LogP contribution in [-0.2, 0) is 4.79 Å². The number of amides is 1. The van der Waals surface area contributed by atoms with Crippen molar-refractivity contribution in [1.82, 2.24) is 4.90 Å². The van der Waals surface area contributed by atoms with E-state index in [9.17, 15) is 4.79 Å². The van der Waals surface area contributed by atoms with Crippen molar-refractivity contribution in [3.05, 3.63) is 28.7 Å². The number of piperidine rings is 1. The molecule has 2 rings (SSSR count). The summed E-state index contributed by atoms with van der Waals surface area (Å²) in [6.45, 7) is 4.05. The number of benzene rings is 1. The first-order valence-corrected chi connectivity index (χ1v) is 7.26. The van der Waals surface area contributed by atoms with Crippen LogP contribution in [0.1, 0.15) is 26.2 Å². The molecule has 1 aromatic carbocycles. The molecule has 0 spiro atoms. The number of anilines is 1. The summed E-state index contributed by atoms with van der Waals surface area (Å²) >= 11 is 3.40. The van der Waals surface area contributed by atoms with Gasteiger partial charge in [-0.05, 0) is 51.1 Å². The molecule has 1 aromatic rings. The monoisotopic (exact) mass is 310 g/mol. The molecule has 1 heterocycles. The zero-order valence-corrected chi connectivity index (χ0v) is 12.2. The summed E-state index contributed by atoms with van der Waals surface area (Å²) in [6.07, 6.45) is 3.69. The number of likely N-dealkylation sites (tertiary alicyclic amines) is 1.